The minimum atomic E-state index is -0.211. The molecular weight excluding hydrogens is 372 g/mol. The lowest BCUT2D eigenvalue weighted by Gasteiger charge is -2.49. The Kier molecular flexibility index (Phi) is 4.04. The number of hydrogen-bond donors (Lipinski definition) is 1. The minimum absolute atomic E-state index is 0.0500. The van der Waals surface area contributed by atoms with E-state index >= 15 is 0 Å². The molecule has 1 unspecified atom stereocenters. The number of nitrogens with zero attached hydrogens (tertiary/aromatic N) is 3. The molecule has 8 heteroatoms. The summed E-state index contributed by atoms with van der Waals surface area (Å²) in [5.74, 6) is 2.05. The van der Waals surface area contributed by atoms with Gasteiger partial charge in [0.05, 0.1) is 35.6 Å². The number of carbonyl (C=O) groups is 2. The molecule has 5 rings (SSSR count). The monoisotopic (exact) mass is 396 g/mol. The molecule has 0 aliphatic carbocycles. The second-order valence-corrected chi connectivity index (χ2v) is 8.22. The minimum Gasteiger partial charge on any atom is -0.501 e. The zero-order chi connectivity index (χ0) is 20.2. The Morgan fingerprint density at radius 3 is 2.83 bits per heavy atom. The summed E-state index contributed by atoms with van der Waals surface area (Å²) in [4.78, 5) is 31.8. The number of carbonyl (C=O) groups excluding carboxylic acids is 2. The van der Waals surface area contributed by atoms with Gasteiger partial charge in [-0.2, -0.15) is 0 Å². The molecule has 0 aromatic carbocycles. The van der Waals surface area contributed by atoms with Crippen LogP contribution in [0, 0.1) is 13.8 Å². The fourth-order valence-electron chi connectivity index (χ4n) is 4.77. The zero-order valence-corrected chi connectivity index (χ0v) is 16.6. The number of aromatic nitrogens is 2. The van der Waals surface area contributed by atoms with E-state index in [1.807, 2.05) is 18.0 Å². The molecule has 2 aromatic heterocycles. The Morgan fingerprint density at radius 1 is 1.31 bits per heavy atom. The molecule has 1 atom stereocenters. The fourth-order valence-corrected chi connectivity index (χ4v) is 4.77. The second-order valence-electron chi connectivity index (χ2n) is 8.22. The van der Waals surface area contributed by atoms with E-state index in [-0.39, 0.29) is 23.4 Å². The van der Waals surface area contributed by atoms with Crippen molar-refractivity contribution < 1.29 is 18.7 Å². The summed E-state index contributed by atoms with van der Waals surface area (Å²) >= 11 is 0. The molecule has 0 radical (unpaired) electrons. The van der Waals surface area contributed by atoms with Crippen LogP contribution in [0.5, 0.6) is 0 Å². The predicted octanol–water partition coefficient (Wildman–Crippen LogP) is 2.20. The summed E-state index contributed by atoms with van der Waals surface area (Å²) in [6, 6.07) is 1.56. The van der Waals surface area contributed by atoms with Crippen LogP contribution in [0.1, 0.15) is 53.0 Å². The summed E-state index contributed by atoms with van der Waals surface area (Å²) in [5.41, 5.74) is 1.08. The first-order valence-electron chi connectivity index (χ1n) is 9.98. The van der Waals surface area contributed by atoms with E-state index in [0.29, 0.717) is 36.8 Å². The largest absolute Gasteiger partial charge is 0.501 e. The van der Waals surface area contributed by atoms with E-state index in [1.54, 1.807) is 25.4 Å². The van der Waals surface area contributed by atoms with Gasteiger partial charge in [-0.25, -0.2) is 4.98 Å². The standard InChI is InChI=1S/C21H24N4O4/c1-13-8-16(14(2)29-13)19(26)23-17-9-21(25-6-5-22-18(17)25)11-24(12-21)20(27)15-4-3-7-28-10-15/h5-6,8,10,17H,3-4,7,9,11-12H2,1-2H3,(H,23,26). The van der Waals surface area contributed by atoms with E-state index in [0.717, 1.165) is 30.7 Å². The maximum atomic E-state index is 12.8. The number of hydrogen-bond acceptors (Lipinski definition) is 5. The Hall–Kier alpha value is -3.03. The van der Waals surface area contributed by atoms with Crippen molar-refractivity contribution >= 4 is 11.8 Å². The Labute approximate surface area is 168 Å². The van der Waals surface area contributed by atoms with Crippen LogP contribution in [0.3, 0.4) is 0 Å². The van der Waals surface area contributed by atoms with Crippen LogP contribution < -0.4 is 5.32 Å². The molecule has 1 fully saturated rings. The van der Waals surface area contributed by atoms with Gasteiger partial charge in [-0.1, -0.05) is 0 Å². The van der Waals surface area contributed by atoms with Gasteiger partial charge in [0.15, 0.2) is 0 Å². The fraction of sp³-hybridized carbons (Fsp3) is 0.476. The number of rotatable bonds is 3. The summed E-state index contributed by atoms with van der Waals surface area (Å²) in [6.07, 6.45) is 7.66. The average molecular weight is 396 g/mol. The summed E-state index contributed by atoms with van der Waals surface area (Å²) < 4.78 is 12.9. The van der Waals surface area contributed by atoms with Crippen molar-refractivity contribution in [2.24, 2.45) is 0 Å². The van der Waals surface area contributed by atoms with Gasteiger partial charge >= 0.3 is 0 Å². The number of ether oxygens (including phenoxy) is 1. The SMILES string of the molecule is Cc1cc(C(=O)NC2CC3(CN(C(=O)C4=COCCC4)C3)n3ccnc32)c(C)o1. The van der Waals surface area contributed by atoms with Gasteiger partial charge in [-0.05, 0) is 32.8 Å². The predicted molar refractivity (Wildman–Crippen MR) is 103 cm³/mol. The van der Waals surface area contributed by atoms with Crippen LogP contribution in [0.15, 0.2) is 34.7 Å². The van der Waals surface area contributed by atoms with Gasteiger partial charge in [0.25, 0.3) is 11.8 Å². The lowest BCUT2D eigenvalue weighted by molar-refractivity contribution is -0.138. The summed E-state index contributed by atoms with van der Waals surface area (Å²) in [6.45, 7) is 5.52. The number of furan rings is 1. The van der Waals surface area contributed by atoms with Crippen molar-refractivity contribution in [2.75, 3.05) is 19.7 Å². The molecule has 2 aromatic rings. The highest BCUT2D eigenvalue weighted by molar-refractivity contribution is 5.95. The topological polar surface area (TPSA) is 89.6 Å². The molecule has 1 spiro atoms. The third kappa shape index (κ3) is 2.85. The van der Waals surface area contributed by atoms with Crippen molar-refractivity contribution in [3.05, 3.63) is 53.2 Å². The van der Waals surface area contributed by atoms with Crippen LogP contribution in [0.2, 0.25) is 0 Å². The molecule has 29 heavy (non-hydrogen) atoms. The van der Waals surface area contributed by atoms with E-state index in [2.05, 4.69) is 14.9 Å². The molecule has 8 nitrogen and oxygen atoms in total. The van der Waals surface area contributed by atoms with Crippen molar-refractivity contribution in [1.82, 2.24) is 19.8 Å². The maximum Gasteiger partial charge on any atom is 0.255 e. The summed E-state index contributed by atoms with van der Waals surface area (Å²) in [5, 5.41) is 3.11. The third-order valence-electron chi connectivity index (χ3n) is 6.13. The Balaban J connectivity index is 1.31. The molecular formula is C21H24N4O4. The van der Waals surface area contributed by atoms with Crippen molar-refractivity contribution in [3.63, 3.8) is 0 Å². The van der Waals surface area contributed by atoms with Crippen LogP contribution >= 0.6 is 0 Å². The number of aryl methyl sites for hydroxylation is 2. The maximum absolute atomic E-state index is 12.8. The molecule has 152 valence electrons. The molecule has 1 saturated heterocycles. The Bertz CT molecular complexity index is 1010. The van der Waals surface area contributed by atoms with Gasteiger partial charge in [-0.3, -0.25) is 9.59 Å². The number of amides is 2. The van der Waals surface area contributed by atoms with E-state index in [4.69, 9.17) is 9.15 Å². The average Bonchev–Trinajstić information content (AvgIpc) is 3.36. The van der Waals surface area contributed by atoms with Crippen molar-refractivity contribution in [1.29, 1.82) is 0 Å². The zero-order valence-electron chi connectivity index (χ0n) is 16.6. The van der Waals surface area contributed by atoms with Gasteiger partial charge in [-0.15, -0.1) is 0 Å². The van der Waals surface area contributed by atoms with Crippen LogP contribution in [-0.4, -0.2) is 46.0 Å². The van der Waals surface area contributed by atoms with E-state index in [1.165, 1.54) is 0 Å². The highest BCUT2D eigenvalue weighted by Crippen LogP contribution is 2.45. The number of fused-ring (bicyclic) bond motifs is 2. The second kappa shape index (κ2) is 6.50. The van der Waals surface area contributed by atoms with Crippen molar-refractivity contribution in [2.45, 2.75) is 44.7 Å². The molecule has 2 amide bonds. The quantitative estimate of drug-likeness (QED) is 0.859. The molecule has 3 aliphatic heterocycles. The molecule has 0 bridgehead atoms. The van der Waals surface area contributed by atoms with Crippen LogP contribution in [0.4, 0.5) is 0 Å². The highest BCUT2D eigenvalue weighted by atomic mass is 16.5. The number of nitrogens with one attached hydrogen (secondary N) is 1. The first-order chi connectivity index (χ1) is 14.0. The molecule has 0 saturated carbocycles. The lowest BCUT2D eigenvalue weighted by atomic mass is 9.85. The van der Waals surface area contributed by atoms with Crippen molar-refractivity contribution in [3.8, 4) is 0 Å². The highest BCUT2D eigenvalue weighted by Gasteiger charge is 2.54. The van der Waals surface area contributed by atoms with E-state index < -0.39 is 0 Å². The van der Waals surface area contributed by atoms with Gasteiger partial charge in [0, 0.05) is 31.9 Å². The third-order valence-corrected chi connectivity index (χ3v) is 6.13. The number of likely N-dealkylation sites (tertiary alicyclic amines) is 1. The molecule has 5 heterocycles. The smallest absolute Gasteiger partial charge is 0.255 e. The van der Waals surface area contributed by atoms with Gasteiger partial charge in [0.1, 0.15) is 17.3 Å². The Morgan fingerprint density at radius 2 is 2.14 bits per heavy atom. The normalized spacial score (nSPS) is 21.9. The van der Waals surface area contributed by atoms with Crippen LogP contribution in [0.25, 0.3) is 0 Å². The van der Waals surface area contributed by atoms with Gasteiger partial charge in [0.2, 0.25) is 0 Å². The first kappa shape index (κ1) is 18.0. The first-order valence-corrected chi connectivity index (χ1v) is 9.98. The van der Waals surface area contributed by atoms with E-state index in [9.17, 15) is 9.59 Å². The lowest BCUT2D eigenvalue weighted by Crippen LogP contribution is -2.63. The number of imidazole rings is 1. The van der Waals surface area contributed by atoms with Gasteiger partial charge < -0.3 is 23.9 Å². The summed E-state index contributed by atoms with van der Waals surface area (Å²) in [7, 11) is 0. The van der Waals surface area contributed by atoms with Crippen LogP contribution in [-0.2, 0) is 15.1 Å². The molecule has 3 aliphatic rings. The molecule has 1 N–H and O–H groups in total.